The summed E-state index contributed by atoms with van der Waals surface area (Å²) in [5, 5.41) is 13.6. The first-order valence-corrected chi connectivity index (χ1v) is 6.62. The Kier molecular flexibility index (Phi) is 2.78. The summed E-state index contributed by atoms with van der Waals surface area (Å²) < 4.78 is 6.01. The van der Waals surface area contributed by atoms with Crippen LogP contribution in [0.4, 0.5) is 0 Å². The lowest BCUT2D eigenvalue weighted by atomic mass is 10.2. The molecular weight excluding hydrogens is 331 g/mol. The summed E-state index contributed by atoms with van der Waals surface area (Å²) in [7, 11) is 0. The molecule has 0 amide bonds. The zero-order chi connectivity index (χ0) is 11.8. The number of aromatic hydroxyl groups is 1. The van der Waals surface area contributed by atoms with Crippen LogP contribution in [0.2, 0.25) is 0 Å². The summed E-state index contributed by atoms with van der Waals surface area (Å²) in [6.45, 7) is 0. The molecule has 2 aromatic rings. The lowest BCUT2D eigenvalue weighted by molar-refractivity contribution is 0.420. The maximum atomic E-state index is 9.63. The first kappa shape index (κ1) is 11.0. The maximum absolute atomic E-state index is 9.63. The van der Waals surface area contributed by atoms with Gasteiger partial charge in [0, 0.05) is 12.0 Å². The fourth-order valence-electron chi connectivity index (χ4n) is 1.68. The van der Waals surface area contributed by atoms with Crippen LogP contribution in [0.3, 0.4) is 0 Å². The molecule has 1 N–H and O–H groups in total. The quantitative estimate of drug-likeness (QED) is 0.872. The van der Waals surface area contributed by atoms with Crippen molar-refractivity contribution in [3.05, 3.63) is 27.6 Å². The molecule has 0 unspecified atom stereocenters. The Hall–Kier alpha value is -1.11. The highest BCUT2D eigenvalue weighted by molar-refractivity contribution is 14.1. The zero-order valence-corrected chi connectivity index (χ0v) is 11.2. The Morgan fingerprint density at radius 2 is 2.24 bits per heavy atom. The number of phenolic OH excluding ortho intramolecular Hbond substituents is 1. The third-order valence-electron chi connectivity index (χ3n) is 2.83. The molecule has 0 saturated heterocycles. The largest absolute Gasteiger partial charge is 0.507 e. The first-order valence-electron chi connectivity index (χ1n) is 5.54. The molecule has 0 radical (unpaired) electrons. The van der Waals surface area contributed by atoms with Crippen LogP contribution in [0.5, 0.6) is 5.75 Å². The molecule has 88 valence electrons. The molecule has 3 rings (SSSR count). The van der Waals surface area contributed by atoms with Crippen molar-refractivity contribution >= 4 is 22.6 Å². The van der Waals surface area contributed by atoms with Crippen molar-refractivity contribution in [3.63, 3.8) is 0 Å². The van der Waals surface area contributed by atoms with Crippen molar-refractivity contribution in [2.45, 2.75) is 19.3 Å². The topological polar surface area (TPSA) is 59.2 Å². The summed E-state index contributed by atoms with van der Waals surface area (Å²) >= 11 is 2.07. The number of hydrogen-bond donors (Lipinski definition) is 1. The van der Waals surface area contributed by atoms with E-state index in [1.54, 1.807) is 6.07 Å². The molecule has 17 heavy (non-hydrogen) atoms. The maximum Gasteiger partial charge on any atom is 0.258 e. The third-order valence-corrected chi connectivity index (χ3v) is 3.74. The zero-order valence-electron chi connectivity index (χ0n) is 9.06. The van der Waals surface area contributed by atoms with Crippen LogP contribution in [0, 0.1) is 9.49 Å². The molecule has 0 bridgehead atoms. The van der Waals surface area contributed by atoms with E-state index in [0.717, 1.165) is 27.3 Å². The second-order valence-electron chi connectivity index (χ2n) is 4.33. The fourth-order valence-corrected chi connectivity index (χ4v) is 2.02. The van der Waals surface area contributed by atoms with Crippen LogP contribution in [-0.2, 0) is 6.42 Å². The van der Waals surface area contributed by atoms with Gasteiger partial charge in [-0.15, -0.1) is 0 Å². The van der Waals surface area contributed by atoms with Crippen LogP contribution in [0.15, 0.2) is 22.7 Å². The minimum Gasteiger partial charge on any atom is -0.507 e. The van der Waals surface area contributed by atoms with Gasteiger partial charge in [-0.05, 0) is 59.5 Å². The van der Waals surface area contributed by atoms with Crippen molar-refractivity contribution in [1.82, 2.24) is 10.1 Å². The van der Waals surface area contributed by atoms with Gasteiger partial charge in [0.25, 0.3) is 5.89 Å². The van der Waals surface area contributed by atoms with E-state index in [2.05, 4.69) is 32.7 Å². The highest BCUT2D eigenvalue weighted by Crippen LogP contribution is 2.32. The Balaban J connectivity index is 1.86. The number of hydrogen-bond acceptors (Lipinski definition) is 4. The average molecular weight is 342 g/mol. The highest BCUT2D eigenvalue weighted by atomic mass is 127. The molecule has 1 aromatic carbocycles. The van der Waals surface area contributed by atoms with Gasteiger partial charge < -0.3 is 9.63 Å². The summed E-state index contributed by atoms with van der Waals surface area (Å²) in [5.41, 5.74) is 0.762. The smallest absolute Gasteiger partial charge is 0.258 e. The number of phenols is 1. The second-order valence-corrected chi connectivity index (χ2v) is 5.49. The van der Waals surface area contributed by atoms with E-state index >= 15 is 0 Å². The van der Waals surface area contributed by atoms with Gasteiger partial charge in [0.1, 0.15) is 5.75 Å². The van der Waals surface area contributed by atoms with Gasteiger partial charge in [-0.1, -0.05) is 5.16 Å². The van der Waals surface area contributed by atoms with Crippen molar-refractivity contribution in [1.29, 1.82) is 0 Å². The van der Waals surface area contributed by atoms with Gasteiger partial charge >= 0.3 is 0 Å². The third kappa shape index (κ3) is 2.43. The standard InChI is InChI=1S/C12H11IN2O2/c13-9-4-3-8(6-10(9)16)12-14-11(15-17-12)5-7-1-2-7/h3-4,6-7,16H,1-2,5H2. The molecule has 1 aliphatic rings. The van der Waals surface area contributed by atoms with Gasteiger partial charge in [-0.3, -0.25) is 0 Å². The molecule has 1 fully saturated rings. The first-order chi connectivity index (χ1) is 8.22. The summed E-state index contributed by atoms with van der Waals surface area (Å²) in [4.78, 5) is 4.34. The predicted octanol–water partition coefficient (Wildman–Crippen LogP) is 3.00. The number of benzene rings is 1. The van der Waals surface area contributed by atoms with Crippen LogP contribution in [-0.4, -0.2) is 15.2 Å². The second kappa shape index (κ2) is 4.29. The van der Waals surface area contributed by atoms with E-state index in [1.807, 2.05) is 12.1 Å². The van der Waals surface area contributed by atoms with Gasteiger partial charge in [-0.2, -0.15) is 4.98 Å². The lowest BCUT2D eigenvalue weighted by Gasteiger charge is -1.98. The Bertz CT molecular complexity index is 549. The monoisotopic (exact) mass is 342 g/mol. The van der Waals surface area contributed by atoms with E-state index in [0.29, 0.717) is 5.89 Å². The number of aromatic nitrogens is 2. The molecule has 0 aliphatic heterocycles. The van der Waals surface area contributed by atoms with E-state index < -0.39 is 0 Å². The number of rotatable bonds is 3. The molecule has 1 aromatic heterocycles. The minimum atomic E-state index is 0.241. The summed E-state index contributed by atoms with van der Waals surface area (Å²) in [5.74, 6) is 2.23. The van der Waals surface area contributed by atoms with Crippen molar-refractivity contribution in [2.24, 2.45) is 5.92 Å². The molecule has 1 aliphatic carbocycles. The van der Waals surface area contributed by atoms with Gasteiger partial charge in [0.2, 0.25) is 0 Å². The molecule has 0 spiro atoms. The van der Waals surface area contributed by atoms with Crippen molar-refractivity contribution < 1.29 is 9.63 Å². The van der Waals surface area contributed by atoms with E-state index in [9.17, 15) is 5.11 Å². The highest BCUT2D eigenvalue weighted by Gasteiger charge is 2.24. The fraction of sp³-hybridized carbons (Fsp3) is 0.333. The molecular formula is C12H11IN2O2. The van der Waals surface area contributed by atoms with E-state index in [4.69, 9.17) is 4.52 Å². The van der Waals surface area contributed by atoms with Crippen molar-refractivity contribution in [3.8, 4) is 17.2 Å². The molecule has 5 heteroatoms. The number of nitrogens with zero attached hydrogens (tertiary/aromatic N) is 2. The Morgan fingerprint density at radius 1 is 1.41 bits per heavy atom. The minimum absolute atomic E-state index is 0.241. The molecule has 0 atom stereocenters. The van der Waals surface area contributed by atoms with Gasteiger partial charge in [0.15, 0.2) is 5.82 Å². The van der Waals surface area contributed by atoms with Crippen molar-refractivity contribution in [2.75, 3.05) is 0 Å². The normalized spacial score (nSPS) is 15.1. The van der Waals surface area contributed by atoms with Crippen LogP contribution >= 0.6 is 22.6 Å². The summed E-state index contributed by atoms with van der Waals surface area (Å²) in [6.07, 6.45) is 3.45. The summed E-state index contributed by atoms with van der Waals surface area (Å²) in [6, 6.07) is 5.35. The van der Waals surface area contributed by atoms with Crippen LogP contribution < -0.4 is 0 Å². The van der Waals surface area contributed by atoms with Crippen LogP contribution in [0.1, 0.15) is 18.7 Å². The van der Waals surface area contributed by atoms with Crippen LogP contribution in [0.25, 0.3) is 11.5 Å². The number of halogens is 1. The predicted molar refractivity (Wildman–Crippen MR) is 70.5 cm³/mol. The average Bonchev–Trinajstić information content (AvgIpc) is 2.99. The lowest BCUT2D eigenvalue weighted by Crippen LogP contribution is -1.89. The molecule has 4 nitrogen and oxygen atoms in total. The van der Waals surface area contributed by atoms with Gasteiger partial charge in [0.05, 0.1) is 3.57 Å². The SMILES string of the molecule is Oc1cc(-c2nc(CC3CC3)no2)ccc1I. The van der Waals surface area contributed by atoms with E-state index in [1.165, 1.54) is 12.8 Å². The van der Waals surface area contributed by atoms with Gasteiger partial charge in [-0.25, -0.2) is 0 Å². The van der Waals surface area contributed by atoms with E-state index in [-0.39, 0.29) is 5.75 Å². The molecule has 1 saturated carbocycles. The Morgan fingerprint density at radius 3 is 2.94 bits per heavy atom. The Labute approximate surface area is 112 Å². The molecule has 1 heterocycles.